The fraction of sp³-hybridized carbons (Fsp3) is 0.304. The molecule has 1 saturated heterocycles. The van der Waals surface area contributed by atoms with Crippen LogP contribution in [0.2, 0.25) is 0 Å². The molecule has 1 heterocycles. The number of rotatable bonds is 9. The Morgan fingerprint density at radius 2 is 1.90 bits per heavy atom. The highest BCUT2D eigenvalue weighted by atomic mass is 19.1. The molecule has 1 fully saturated rings. The van der Waals surface area contributed by atoms with E-state index in [1.807, 2.05) is 12.1 Å². The number of halogens is 1. The van der Waals surface area contributed by atoms with Crippen LogP contribution in [0, 0.1) is 5.82 Å². The first-order valence-corrected chi connectivity index (χ1v) is 9.84. The van der Waals surface area contributed by atoms with Crippen LogP contribution < -0.4 is 14.4 Å². The molecule has 31 heavy (non-hydrogen) atoms. The molecule has 0 aromatic heterocycles. The highest BCUT2D eigenvalue weighted by Crippen LogP contribution is 2.29. The Kier molecular flexibility index (Phi) is 6.91. The minimum absolute atomic E-state index is 0.140. The Hall–Kier alpha value is -3.39. The number of imide groups is 1. The van der Waals surface area contributed by atoms with Gasteiger partial charge in [-0.25, -0.2) is 9.18 Å². The molecule has 3 rings (SSSR count). The summed E-state index contributed by atoms with van der Waals surface area (Å²) in [4.78, 5) is 27.6. The van der Waals surface area contributed by atoms with Crippen LogP contribution in [-0.4, -0.2) is 54.4 Å². The van der Waals surface area contributed by atoms with Crippen molar-refractivity contribution < 1.29 is 28.6 Å². The molecular formula is C23H25FN2O5. The first kappa shape index (κ1) is 22.3. The normalized spacial score (nSPS) is 17.1. The van der Waals surface area contributed by atoms with Gasteiger partial charge < -0.3 is 14.6 Å². The summed E-state index contributed by atoms with van der Waals surface area (Å²) in [5.41, 5.74) is 1.41. The first-order chi connectivity index (χ1) is 14.8. The van der Waals surface area contributed by atoms with E-state index in [-0.39, 0.29) is 13.2 Å². The van der Waals surface area contributed by atoms with Crippen molar-refractivity contribution in [2.45, 2.75) is 25.5 Å². The number of benzene rings is 2. The molecule has 8 heteroatoms. The number of allylic oxidation sites excluding steroid dienone is 1. The second-order valence-corrected chi connectivity index (χ2v) is 7.20. The van der Waals surface area contributed by atoms with Crippen molar-refractivity contribution in [2.24, 2.45) is 0 Å². The molecular weight excluding hydrogens is 403 g/mol. The molecule has 0 unspecified atom stereocenters. The number of amides is 3. The molecule has 0 radical (unpaired) electrons. The molecule has 2 atom stereocenters. The van der Waals surface area contributed by atoms with Crippen molar-refractivity contribution in [3.05, 3.63) is 66.5 Å². The smallest absolute Gasteiger partial charge is 0.332 e. The lowest BCUT2D eigenvalue weighted by Crippen LogP contribution is -2.40. The van der Waals surface area contributed by atoms with Gasteiger partial charge >= 0.3 is 6.03 Å². The number of hydrogen-bond donors (Lipinski definition) is 1. The second-order valence-electron chi connectivity index (χ2n) is 7.20. The van der Waals surface area contributed by atoms with Crippen molar-refractivity contribution in [1.82, 2.24) is 4.90 Å². The number of ether oxygens (including phenoxy) is 2. The van der Waals surface area contributed by atoms with Crippen LogP contribution in [0.25, 0.3) is 0 Å². The van der Waals surface area contributed by atoms with Crippen molar-refractivity contribution in [2.75, 3.05) is 25.2 Å². The number of carbonyl (C=O) groups excluding carboxylic acids is 2. The fourth-order valence-electron chi connectivity index (χ4n) is 3.40. The number of hydrogen-bond acceptors (Lipinski definition) is 5. The number of β-amino-alcohol motifs (C(OH)–C–C–N with tert-alkyl or cyclic N) is 1. The minimum Gasteiger partial charge on any atom is -0.493 e. The van der Waals surface area contributed by atoms with Crippen molar-refractivity contribution in [1.29, 1.82) is 0 Å². The Morgan fingerprint density at radius 3 is 2.55 bits per heavy atom. The minimum atomic E-state index is -1.11. The number of nitrogens with zero attached hydrogens (tertiary/aromatic N) is 2. The first-order valence-electron chi connectivity index (χ1n) is 9.84. The highest BCUT2D eigenvalue weighted by molar-refractivity contribution is 6.14. The number of aliphatic hydroxyl groups is 1. The Bertz CT molecular complexity index is 963. The van der Waals surface area contributed by atoms with Crippen LogP contribution in [0.3, 0.4) is 0 Å². The van der Waals surface area contributed by atoms with Gasteiger partial charge in [0.15, 0.2) is 11.5 Å². The van der Waals surface area contributed by atoms with E-state index in [4.69, 9.17) is 9.47 Å². The molecule has 0 spiro atoms. The summed E-state index contributed by atoms with van der Waals surface area (Å²) in [7, 11) is 1.52. The van der Waals surface area contributed by atoms with Gasteiger partial charge in [0.05, 0.1) is 13.7 Å². The van der Waals surface area contributed by atoms with E-state index in [2.05, 4.69) is 6.58 Å². The van der Waals surface area contributed by atoms with E-state index in [0.29, 0.717) is 23.6 Å². The molecule has 0 aliphatic carbocycles. The van der Waals surface area contributed by atoms with E-state index >= 15 is 0 Å². The monoisotopic (exact) mass is 428 g/mol. The second kappa shape index (κ2) is 9.61. The topological polar surface area (TPSA) is 79.3 Å². The van der Waals surface area contributed by atoms with E-state index < -0.39 is 29.9 Å². The van der Waals surface area contributed by atoms with Crippen LogP contribution in [0.4, 0.5) is 14.9 Å². The number of urea groups is 1. The average Bonchev–Trinajstić information content (AvgIpc) is 2.97. The van der Waals surface area contributed by atoms with Crippen LogP contribution in [0.15, 0.2) is 55.1 Å². The largest absolute Gasteiger partial charge is 0.493 e. The third kappa shape index (κ3) is 4.86. The standard InChI is InChI=1S/C23H25FN2O5/c1-4-5-16-6-11-20(21(12-16)30-3)31-14-19(27)13-25-22(28)15(2)26(23(25)29)18-9-7-17(24)8-10-18/h4,6-12,15,19,27H,1,5,13-14H2,2-3H3/t15-,19+/m1/s1. The quantitative estimate of drug-likeness (QED) is 0.490. The van der Waals surface area contributed by atoms with Crippen LogP contribution in [0.5, 0.6) is 11.5 Å². The summed E-state index contributed by atoms with van der Waals surface area (Å²) in [6.07, 6.45) is 1.35. The molecule has 2 aromatic carbocycles. The maximum atomic E-state index is 13.2. The Morgan fingerprint density at radius 1 is 1.19 bits per heavy atom. The molecule has 1 aliphatic rings. The summed E-state index contributed by atoms with van der Waals surface area (Å²) in [6, 6.07) is 9.39. The third-order valence-corrected chi connectivity index (χ3v) is 4.99. The number of methoxy groups -OCH3 is 1. The molecule has 7 nitrogen and oxygen atoms in total. The van der Waals surface area contributed by atoms with Gasteiger partial charge in [-0.05, 0) is 55.3 Å². The maximum absolute atomic E-state index is 13.2. The van der Waals surface area contributed by atoms with Gasteiger partial charge in [0.25, 0.3) is 5.91 Å². The Balaban J connectivity index is 1.64. The van der Waals surface area contributed by atoms with Crippen molar-refractivity contribution >= 4 is 17.6 Å². The maximum Gasteiger partial charge on any atom is 0.332 e. The van der Waals surface area contributed by atoms with E-state index in [0.717, 1.165) is 10.5 Å². The third-order valence-electron chi connectivity index (χ3n) is 4.99. The van der Waals surface area contributed by atoms with Gasteiger partial charge in [-0.1, -0.05) is 12.1 Å². The van der Waals surface area contributed by atoms with E-state index in [9.17, 15) is 19.1 Å². The van der Waals surface area contributed by atoms with E-state index in [1.165, 1.54) is 36.3 Å². The zero-order valence-corrected chi connectivity index (χ0v) is 17.5. The van der Waals surface area contributed by atoms with Gasteiger partial charge in [0.2, 0.25) is 0 Å². The van der Waals surface area contributed by atoms with Crippen molar-refractivity contribution in [3.8, 4) is 11.5 Å². The number of anilines is 1. The summed E-state index contributed by atoms with van der Waals surface area (Å²) < 4.78 is 24.2. The summed E-state index contributed by atoms with van der Waals surface area (Å²) in [5, 5.41) is 10.4. The molecule has 3 amide bonds. The lowest BCUT2D eigenvalue weighted by atomic mass is 10.1. The van der Waals surface area contributed by atoms with Gasteiger partial charge in [-0.3, -0.25) is 14.6 Å². The molecule has 164 valence electrons. The van der Waals surface area contributed by atoms with Crippen LogP contribution in [-0.2, 0) is 11.2 Å². The average molecular weight is 428 g/mol. The van der Waals surface area contributed by atoms with Gasteiger partial charge in [-0.15, -0.1) is 6.58 Å². The van der Waals surface area contributed by atoms with Gasteiger partial charge in [0, 0.05) is 5.69 Å². The molecule has 1 aliphatic heterocycles. The highest BCUT2D eigenvalue weighted by Gasteiger charge is 2.43. The zero-order valence-electron chi connectivity index (χ0n) is 17.5. The predicted octanol–water partition coefficient (Wildman–Crippen LogP) is 3.16. The fourth-order valence-corrected chi connectivity index (χ4v) is 3.40. The summed E-state index contributed by atoms with van der Waals surface area (Å²) in [5.74, 6) is 0.0669. The van der Waals surface area contributed by atoms with Gasteiger partial charge in [0.1, 0.15) is 24.6 Å². The lowest BCUT2D eigenvalue weighted by Gasteiger charge is -2.21. The van der Waals surface area contributed by atoms with Crippen LogP contribution in [0.1, 0.15) is 12.5 Å². The number of aliphatic hydroxyl groups excluding tert-OH is 1. The molecule has 1 N–H and O–H groups in total. The molecule has 0 bridgehead atoms. The Labute approximate surface area is 180 Å². The van der Waals surface area contributed by atoms with Crippen molar-refractivity contribution in [3.63, 3.8) is 0 Å². The summed E-state index contributed by atoms with van der Waals surface area (Å²) >= 11 is 0. The zero-order chi connectivity index (χ0) is 22.5. The van der Waals surface area contributed by atoms with Crippen LogP contribution >= 0.6 is 0 Å². The number of carbonyl (C=O) groups is 2. The SMILES string of the molecule is C=CCc1ccc(OC[C@@H](O)CN2C(=O)[C@@H](C)N(c3ccc(F)cc3)C2=O)c(OC)c1. The van der Waals surface area contributed by atoms with E-state index in [1.54, 1.807) is 19.1 Å². The molecule has 2 aromatic rings. The molecule has 0 saturated carbocycles. The predicted molar refractivity (Wildman–Crippen MR) is 114 cm³/mol. The lowest BCUT2D eigenvalue weighted by molar-refractivity contribution is -0.128. The van der Waals surface area contributed by atoms with Gasteiger partial charge in [-0.2, -0.15) is 0 Å². The summed E-state index contributed by atoms with van der Waals surface area (Å²) in [6.45, 7) is 4.92.